The number of aromatic nitrogens is 1. The van der Waals surface area contributed by atoms with E-state index in [2.05, 4.69) is 15.6 Å². The van der Waals surface area contributed by atoms with Gasteiger partial charge in [-0.2, -0.15) is 0 Å². The number of pyridine rings is 1. The van der Waals surface area contributed by atoms with Crippen LogP contribution in [0.2, 0.25) is 0 Å². The predicted molar refractivity (Wildman–Crippen MR) is 74.7 cm³/mol. The van der Waals surface area contributed by atoms with Crippen molar-refractivity contribution >= 4 is 6.03 Å². The Balaban J connectivity index is 2.26. The van der Waals surface area contributed by atoms with E-state index in [-0.39, 0.29) is 12.1 Å². The van der Waals surface area contributed by atoms with Crippen molar-refractivity contribution in [1.29, 1.82) is 0 Å². The number of carbonyl (C=O) groups excluding carboxylic acids is 1. The molecule has 0 aliphatic carbocycles. The molecule has 0 radical (unpaired) electrons. The highest BCUT2D eigenvalue weighted by Crippen LogP contribution is 2.20. The Morgan fingerprint density at radius 2 is 1.74 bits per heavy atom. The first kappa shape index (κ1) is 13.1. The summed E-state index contributed by atoms with van der Waals surface area (Å²) in [6, 6.07) is 13.3. The Kier molecular flexibility index (Phi) is 4.50. The average molecular weight is 255 g/mol. The van der Waals surface area contributed by atoms with Crippen LogP contribution in [0.1, 0.15) is 24.1 Å². The van der Waals surface area contributed by atoms with Crippen LogP contribution < -0.4 is 10.6 Å². The SMILES string of the molecule is CCNC(=O)NC(c1ccccc1)c1ccncc1. The van der Waals surface area contributed by atoms with E-state index in [1.807, 2.05) is 49.4 Å². The van der Waals surface area contributed by atoms with Gasteiger partial charge in [-0.15, -0.1) is 0 Å². The number of urea groups is 1. The van der Waals surface area contributed by atoms with Crippen LogP contribution in [0.4, 0.5) is 4.79 Å². The molecule has 0 spiro atoms. The molecule has 1 atom stereocenters. The summed E-state index contributed by atoms with van der Waals surface area (Å²) in [4.78, 5) is 15.8. The summed E-state index contributed by atoms with van der Waals surface area (Å²) in [6.45, 7) is 2.49. The molecule has 2 rings (SSSR count). The van der Waals surface area contributed by atoms with Crippen LogP contribution in [0.15, 0.2) is 54.9 Å². The zero-order valence-corrected chi connectivity index (χ0v) is 10.8. The fourth-order valence-electron chi connectivity index (χ4n) is 1.90. The van der Waals surface area contributed by atoms with Crippen LogP contribution in [-0.4, -0.2) is 17.6 Å². The highest BCUT2D eigenvalue weighted by atomic mass is 16.2. The van der Waals surface area contributed by atoms with Crippen molar-refractivity contribution in [2.75, 3.05) is 6.54 Å². The quantitative estimate of drug-likeness (QED) is 0.882. The number of rotatable bonds is 4. The molecule has 4 nitrogen and oxygen atoms in total. The zero-order chi connectivity index (χ0) is 13.5. The van der Waals surface area contributed by atoms with Gasteiger partial charge in [0.2, 0.25) is 0 Å². The summed E-state index contributed by atoms with van der Waals surface area (Å²) in [5.41, 5.74) is 2.05. The molecule has 1 aromatic carbocycles. The van der Waals surface area contributed by atoms with Crippen molar-refractivity contribution in [3.8, 4) is 0 Å². The fraction of sp³-hybridized carbons (Fsp3) is 0.200. The minimum absolute atomic E-state index is 0.171. The van der Waals surface area contributed by atoms with Crippen molar-refractivity contribution < 1.29 is 4.79 Å². The van der Waals surface area contributed by atoms with E-state index < -0.39 is 0 Å². The maximum absolute atomic E-state index is 11.8. The van der Waals surface area contributed by atoms with Crippen molar-refractivity contribution in [3.63, 3.8) is 0 Å². The summed E-state index contributed by atoms with van der Waals surface area (Å²) in [5, 5.41) is 5.72. The zero-order valence-electron chi connectivity index (χ0n) is 10.8. The van der Waals surface area contributed by atoms with Crippen molar-refractivity contribution in [2.24, 2.45) is 0 Å². The molecular weight excluding hydrogens is 238 g/mol. The van der Waals surface area contributed by atoms with Gasteiger partial charge in [0.1, 0.15) is 0 Å². The molecule has 2 aromatic rings. The third-order valence-electron chi connectivity index (χ3n) is 2.79. The summed E-state index contributed by atoms with van der Waals surface area (Å²) in [5.74, 6) is 0. The van der Waals surface area contributed by atoms with Gasteiger partial charge in [-0.05, 0) is 30.2 Å². The third-order valence-corrected chi connectivity index (χ3v) is 2.79. The number of nitrogens with one attached hydrogen (secondary N) is 2. The average Bonchev–Trinajstić information content (AvgIpc) is 2.47. The second-order valence-corrected chi connectivity index (χ2v) is 4.13. The molecule has 0 bridgehead atoms. The van der Waals surface area contributed by atoms with E-state index in [0.717, 1.165) is 11.1 Å². The van der Waals surface area contributed by atoms with E-state index in [4.69, 9.17) is 0 Å². The molecule has 0 saturated carbocycles. The molecule has 2 N–H and O–H groups in total. The molecule has 0 saturated heterocycles. The van der Waals surface area contributed by atoms with Crippen LogP contribution in [0.5, 0.6) is 0 Å². The first-order valence-electron chi connectivity index (χ1n) is 6.30. The molecule has 1 aromatic heterocycles. The number of amides is 2. The molecular formula is C15H17N3O. The fourth-order valence-corrected chi connectivity index (χ4v) is 1.90. The Hall–Kier alpha value is -2.36. The Bertz CT molecular complexity index is 474. The van der Waals surface area contributed by atoms with Gasteiger partial charge in [0.25, 0.3) is 0 Å². The maximum Gasteiger partial charge on any atom is 0.315 e. The van der Waals surface area contributed by atoms with Gasteiger partial charge in [-0.1, -0.05) is 30.3 Å². The molecule has 0 aliphatic heterocycles. The summed E-state index contributed by atoms with van der Waals surface area (Å²) >= 11 is 0. The van der Waals surface area contributed by atoms with E-state index in [9.17, 15) is 4.79 Å². The van der Waals surface area contributed by atoms with Crippen LogP contribution in [0.3, 0.4) is 0 Å². The van der Waals surface area contributed by atoms with E-state index in [1.54, 1.807) is 12.4 Å². The molecule has 98 valence electrons. The second kappa shape index (κ2) is 6.54. The topological polar surface area (TPSA) is 54.0 Å². The smallest absolute Gasteiger partial charge is 0.315 e. The molecule has 19 heavy (non-hydrogen) atoms. The van der Waals surface area contributed by atoms with E-state index >= 15 is 0 Å². The largest absolute Gasteiger partial charge is 0.338 e. The Labute approximate surface area is 112 Å². The maximum atomic E-state index is 11.8. The van der Waals surface area contributed by atoms with Gasteiger partial charge in [0.15, 0.2) is 0 Å². The van der Waals surface area contributed by atoms with Gasteiger partial charge in [0.05, 0.1) is 6.04 Å². The second-order valence-electron chi connectivity index (χ2n) is 4.13. The van der Waals surface area contributed by atoms with Crippen molar-refractivity contribution in [3.05, 3.63) is 66.0 Å². The minimum Gasteiger partial charge on any atom is -0.338 e. The molecule has 2 amide bonds. The van der Waals surface area contributed by atoms with Crippen LogP contribution in [0.25, 0.3) is 0 Å². The van der Waals surface area contributed by atoms with Gasteiger partial charge >= 0.3 is 6.03 Å². The number of hydrogen-bond acceptors (Lipinski definition) is 2. The molecule has 4 heteroatoms. The minimum atomic E-state index is -0.173. The third kappa shape index (κ3) is 3.55. The number of benzene rings is 1. The van der Waals surface area contributed by atoms with E-state index in [0.29, 0.717) is 6.54 Å². The number of hydrogen-bond donors (Lipinski definition) is 2. The van der Waals surface area contributed by atoms with Crippen molar-refractivity contribution in [2.45, 2.75) is 13.0 Å². The predicted octanol–water partition coefficient (Wildman–Crippen LogP) is 2.49. The number of nitrogens with zero attached hydrogens (tertiary/aromatic N) is 1. The standard InChI is InChI=1S/C15H17N3O/c1-2-17-15(19)18-14(12-6-4-3-5-7-12)13-8-10-16-11-9-13/h3-11,14H,2H2,1H3,(H2,17,18,19). The summed E-state index contributed by atoms with van der Waals surface area (Å²) in [6.07, 6.45) is 3.45. The monoisotopic (exact) mass is 255 g/mol. The van der Waals surface area contributed by atoms with Crippen LogP contribution in [-0.2, 0) is 0 Å². The lowest BCUT2D eigenvalue weighted by molar-refractivity contribution is 0.239. The molecule has 0 fully saturated rings. The van der Waals surface area contributed by atoms with Gasteiger partial charge < -0.3 is 10.6 Å². The number of carbonyl (C=O) groups is 1. The lowest BCUT2D eigenvalue weighted by Gasteiger charge is -2.19. The molecule has 1 unspecified atom stereocenters. The first-order valence-corrected chi connectivity index (χ1v) is 6.30. The highest BCUT2D eigenvalue weighted by molar-refractivity contribution is 5.74. The Morgan fingerprint density at radius 3 is 2.37 bits per heavy atom. The van der Waals surface area contributed by atoms with Gasteiger partial charge in [-0.25, -0.2) is 4.79 Å². The van der Waals surface area contributed by atoms with Gasteiger partial charge in [-0.3, -0.25) is 4.98 Å². The molecule has 0 aliphatic rings. The summed E-state index contributed by atoms with van der Waals surface area (Å²) in [7, 11) is 0. The van der Waals surface area contributed by atoms with Gasteiger partial charge in [0, 0.05) is 18.9 Å². The lowest BCUT2D eigenvalue weighted by Crippen LogP contribution is -2.38. The lowest BCUT2D eigenvalue weighted by atomic mass is 10.00. The normalized spacial score (nSPS) is 11.6. The van der Waals surface area contributed by atoms with Crippen LogP contribution >= 0.6 is 0 Å². The molecule has 1 heterocycles. The van der Waals surface area contributed by atoms with Crippen LogP contribution in [0, 0.1) is 0 Å². The summed E-state index contributed by atoms with van der Waals surface area (Å²) < 4.78 is 0. The first-order chi connectivity index (χ1) is 9.31. The highest BCUT2D eigenvalue weighted by Gasteiger charge is 2.15. The Morgan fingerprint density at radius 1 is 1.11 bits per heavy atom. The van der Waals surface area contributed by atoms with E-state index in [1.165, 1.54) is 0 Å². The van der Waals surface area contributed by atoms with Crippen molar-refractivity contribution in [1.82, 2.24) is 15.6 Å².